The number of hydrogen-bond donors (Lipinski definition) is 1. The topological polar surface area (TPSA) is 63.4 Å². The molecule has 0 unspecified atom stereocenters. The second-order valence-electron chi connectivity index (χ2n) is 3.14. The van der Waals surface area contributed by atoms with Crippen molar-refractivity contribution in [1.29, 1.82) is 0 Å². The Kier molecular flexibility index (Phi) is 3.57. The van der Waals surface area contributed by atoms with E-state index in [1.807, 2.05) is 0 Å². The van der Waals surface area contributed by atoms with E-state index in [9.17, 15) is 10.1 Å². The average Bonchev–Trinajstić information content (AvgIpc) is 2.26. The first-order valence-electron chi connectivity index (χ1n) is 4.45. The Morgan fingerprint density at radius 3 is 2.80 bits per heavy atom. The summed E-state index contributed by atoms with van der Waals surface area (Å²) in [5, 5.41) is 19.9. The highest BCUT2D eigenvalue weighted by Gasteiger charge is 2.21. The molecule has 0 aliphatic rings. The highest BCUT2D eigenvalue weighted by atomic mass is 16.6. The van der Waals surface area contributed by atoms with Gasteiger partial charge in [0.2, 0.25) is 0 Å². The van der Waals surface area contributed by atoms with Crippen LogP contribution in [0.25, 0.3) is 6.08 Å². The van der Waals surface area contributed by atoms with Crippen LogP contribution in [0.5, 0.6) is 0 Å². The third kappa shape index (κ3) is 2.22. The van der Waals surface area contributed by atoms with Crippen molar-refractivity contribution < 1.29 is 10.0 Å². The maximum absolute atomic E-state index is 10.9. The predicted molar refractivity (Wildman–Crippen MR) is 58.3 cm³/mol. The number of para-hydroxylation sites is 1. The van der Waals surface area contributed by atoms with Crippen LogP contribution in [0.15, 0.2) is 24.8 Å². The number of benzene rings is 1. The number of aliphatic hydroxyl groups excluding tert-OH is 1. The lowest BCUT2D eigenvalue weighted by Crippen LogP contribution is -2.05. The summed E-state index contributed by atoms with van der Waals surface area (Å²) in [6.45, 7) is 4.99. The summed E-state index contributed by atoms with van der Waals surface area (Å²) in [6.07, 6.45) is 1.44. The molecule has 0 spiro atoms. The molecule has 0 bridgehead atoms. The van der Waals surface area contributed by atoms with E-state index in [1.165, 1.54) is 6.08 Å². The minimum Gasteiger partial charge on any atom is -0.395 e. The summed E-state index contributed by atoms with van der Waals surface area (Å²) in [4.78, 5) is 10.4. The zero-order valence-electron chi connectivity index (χ0n) is 8.43. The van der Waals surface area contributed by atoms with Gasteiger partial charge in [-0.2, -0.15) is 0 Å². The van der Waals surface area contributed by atoms with Crippen molar-refractivity contribution in [3.63, 3.8) is 0 Å². The van der Waals surface area contributed by atoms with Crippen molar-refractivity contribution in [2.45, 2.75) is 6.92 Å². The predicted octanol–water partition coefficient (Wildman–Crippen LogP) is 2.17. The van der Waals surface area contributed by atoms with E-state index in [0.29, 0.717) is 17.0 Å². The second-order valence-corrected chi connectivity index (χ2v) is 3.14. The van der Waals surface area contributed by atoms with Crippen LogP contribution in [-0.4, -0.2) is 16.6 Å². The van der Waals surface area contributed by atoms with Gasteiger partial charge in [-0.15, -0.1) is 0 Å². The van der Waals surface area contributed by atoms with Crippen LogP contribution in [0.3, 0.4) is 0 Å². The molecule has 0 aliphatic carbocycles. The number of nitro benzene ring substituents is 1. The van der Waals surface area contributed by atoms with Crippen molar-refractivity contribution in [2.24, 2.45) is 0 Å². The first-order chi connectivity index (χ1) is 7.11. The summed E-state index contributed by atoms with van der Waals surface area (Å²) in [7, 11) is 0. The second kappa shape index (κ2) is 4.70. The minimum atomic E-state index is -0.453. The van der Waals surface area contributed by atoms with E-state index in [2.05, 4.69) is 6.58 Å². The summed E-state index contributed by atoms with van der Waals surface area (Å²) >= 11 is 0. The summed E-state index contributed by atoms with van der Waals surface area (Å²) in [5.74, 6) is 0.574. The fraction of sp³-hybridized carbons (Fsp3) is 0.182. The highest BCUT2D eigenvalue weighted by Crippen LogP contribution is 2.29. The van der Waals surface area contributed by atoms with Gasteiger partial charge in [0.1, 0.15) is 0 Å². The molecular formula is C11H12NO3. The van der Waals surface area contributed by atoms with Crippen molar-refractivity contribution in [3.05, 3.63) is 51.9 Å². The first kappa shape index (κ1) is 11.4. The Balaban J connectivity index is 3.37. The number of hydrogen-bond acceptors (Lipinski definition) is 3. The normalized spacial score (nSPS) is 10.3. The van der Waals surface area contributed by atoms with Gasteiger partial charge in [-0.25, -0.2) is 0 Å². The van der Waals surface area contributed by atoms with Gasteiger partial charge in [-0.1, -0.05) is 31.7 Å². The largest absolute Gasteiger partial charge is 0.395 e. The zero-order valence-corrected chi connectivity index (χ0v) is 8.43. The van der Waals surface area contributed by atoms with Crippen LogP contribution < -0.4 is 0 Å². The average molecular weight is 206 g/mol. The smallest absolute Gasteiger partial charge is 0.280 e. The molecule has 4 nitrogen and oxygen atoms in total. The van der Waals surface area contributed by atoms with Gasteiger partial charge in [0.15, 0.2) is 0 Å². The van der Waals surface area contributed by atoms with E-state index < -0.39 is 4.92 Å². The van der Waals surface area contributed by atoms with Gasteiger partial charge < -0.3 is 5.11 Å². The molecule has 0 heterocycles. The van der Waals surface area contributed by atoms with Crippen molar-refractivity contribution in [1.82, 2.24) is 0 Å². The van der Waals surface area contributed by atoms with E-state index in [4.69, 9.17) is 5.11 Å². The first-order valence-corrected chi connectivity index (χ1v) is 4.45. The molecule has 1 aromatic carbocycles. The number of aliphatic hydroxyl groups is 1. The molecule has 0 aliphatic heterocycles. The third-order valence-corrected chi connectivity index (χ3v) is 2.17. The van der Waals surface area contributed by atoms with Crippen LogP contribution in [0.1, 0.15) is 18.1 Å². The van der Waals surface area contributed by atoms with Gasteiger partial charge in [0.25, 0.3) is 5.69 Å². The monoisotopic (exact) mass is 206 g/mol. The summed E-state index contributed by atoms with van der Waals surface area (Å²) < 4.78 is 0. The molecule has 15 heavy (non-hydrogen) atoms. The molecule has 0 atom stereocenters. The van der Waals surface area contributed by atoms with E-state index in [0.717, 1.165) is 0 Å². The molecule has 79 valence electrons. The lowest BCUT2D eigenvalue weighted by Gasteiger charge is -2.09. The third-order valence-electron chi connectivity index (χ3n) is 2.17. The van der Waals surface area contributed by atoms with Gasteiger partial charge in [-0.3, -0.25) is 10.1 Å². The molecule has 1 radical (unpaired) electrons. The van der Waals surface area contributed by atoms with Gasteiger partial charge >= 0.3 is 0 Å². The van der Waals surface area contributed by atoms with Gasteiger partial charge in [0.05, 0.1) is 17.1 Å². The highest BCUT2D eigenvalue weighted by molar-refractivity contribution is 5.65. The molecule has 0 saturated heterocycles. The minimum absolute atomic E-state index is 0.000880. The molecule has 0 aromatic heterocycles. The molecule has 0 amide bonds. The quantitative estimate of drug-likeness (QED) is 0.606. The van der Waals surface area contributed by atoms with Crippen LogP contribution >= 0.6 is 0 Å². The number of nitro groups is 1. The number of nitrogens with zero attached hydrogens (tertiary/aromatic N) is 1. The lowest BCUT2D eigenvalue weighted by atomic mass is 9.97. The molecule has 1 N–H and O–H groups in total. The molecule has 1 rings (SSSR count). The van der Waals surface area contributed by atoms with E-state index >= 15 is 0 Å². The van der Waals surface area contributed by atoms with Crippen LogP contribution in [0.4, 0.5) is 5.69 Å². The maximum atomic E-state index is 10.9. The Morgan fingerprint density at radius 1 is 1.67 bits per heavy atom. The maximum Gasteiger partial charge on any atom is 0.280 e. The van der Waals surface area contributed by atoms with Crippen molar-refractivity contribution in [3.8, 4) is 0 Å². The van der Waals surface area contributed by atoms with Crippen LogP contribution in [0.2, 0.25) is 0 Å². The molecule has 4 heteroatoms. The van der Waals surface area contributed by atoms with Crippen molar-refractivity contribution >= 4 is 11.8 Å². The Labute approximate surface area is 88.0 Å². The zero-order chi connectivity index (χ0) is 11.4. The standard InChI is InChI=1S/C11H12NO3/c1-3-9-5-4-6-10(8(2)7-13)11(9)12(14)15/h3-6,13H,1,7H2,2H3. The fourth-order valence-electron chi connectivity index (χ4n) is 1.36. The van der Waals surface area contributed by atoms with Gasteiger partial charge in [-0.05, 0) is 6.07 Å². The van der Waals surface area contributed by atoms with Crippen LogP contribution in [-0.2, 0) is 0 Å². The van der Waals surface area contributed by atoms with E-state index in [1.54, 1.807) is 25.1 Å². The molecule has 1 aromatic rings. The van der Waals surface area contributed by atoms with Crippen LogP contribution in [0, 0.1) is 16.0 Å². The van der Waals surface area contributed by atoms with E-state index in [-0.39, 0.29) is 12.3 Å². The summed E-state index contributed by atoms with van der Waals surface area (Å²) in [6, 6.07) is 4.95. The lowest BCUT2D eigenvalue weighted by molar-refractivity contribution is -0.385. The van der Waals surface area contributed by atoms with Gasteiger partial charge in [0, 0.05) is 11.5 Å². The molecule has 0 saturated carbocycles. The fourth-order valence-corrected chi connectivity index (χ4v) is 1.36. The molecule has 0 fully saturated rings. The van der Waals surface area contributed by atoms with Crippen molar-refractivity contribution in [2.75, 3.05) is 6.61 Å². The summed E-state index contributed by atoms with van der Waals surface area (Å²) in [5.41, 5.74) is 0.921. The Hall–Kier alpha value is -1.68. The molecular weight excluding hydrogens is 194 g/mol. The SMILES string of the molecule is C=Cc1cccc([C](C)CO)c1[N+](=O)[O-]. The Bertz CT molecular complexity index is 387. The Morgan fingerprint density at radius 2 is 2.33 bits per heavy atom. The number of rotatable bonds is 4.